The number of hydrogen-bond acceptors (Lipinski definition) is 3. The first-order valence-electron chi connectivity index (χ1n) is 6.72. The Balaban J connectivity index is 2.49. The van der Waals surface area contributed by atoms with Crippen LogP contribution in [0.3, 0.4) is 0 Å². The molecule has 3 heteroatoms. The average molecular weight is 241 g/mol. The molecule has 0 aromatic heterocycles. The number of ether oxygens (including phenoxy) is 1. The fraction of sp³-hybridized carbons (Fsp3) is 0.929. The maximum atomic E-state index is 11.9. The molecule has 3 nitrogen and oxygen atoms in total. The summed E-state index contributed by atoms with van der Waals surface area (Å²) in [5, 5.41) is 0. The molecule has 0 aromatic rings. The van der Waals surface area contributed by atoms with Crippen LogP contribution >= 0.6 is 0 Å². The molecule has 0 bridgehead atoms. The zero-order valence-corrected chi connectivity index (χ0v) is 11.8. The number of carbonyl (C=O) groups excluding carboxylic acids is 1. The molecule has 0 amide bonds. The molecule has 0 aromatic carbocycles. The van der Waals surface area contributed by atoms with Crippen molar-refractivity contribution in [3.63, 3.8) is 0 Å². The number of carbonyl (C=O) groups is 1. The maximum Gasteiger partial charge on any atom is 0.137 e. The molecule has 17 heavy (non-hydrogen) atoms. The highest BCUT2D eigenvalue weighted by atomic mass is 16.5. The van der Waals surface area contributed by atoms with E-state index >= 15 is 0 Å². The Hall–Kier alpha value is -0.410. The SMILES string of the molecule is CCN(CCOC)CC1CC(C)(C)CCC1=O. The second kappa shape index (κ2) is 6.50. The molecule has 1 saturated carbocycles. The van der Waals surface area contributed by atoms with Gasteiger partial charge in [-0.2, -0.15) is 0 Å². The van der Waals surface area contributed by atoms with E-state index in [1.807, 2.05) is 0 Å². The molecule has 0 aliphatic heterocycles. The van der Waals surface area contributed by atoms with Gasteiger partial charge in [0.05, 0.1) is 6.61 Å². The van der Waals surface area contributed by atoms with Crippen LogP contribution in [0.5, 0.6) is 0 Å². The zero-order chi connectivity index (χ0) is 12.9. The first kappa shape index (κ1) is 14.7. The minimum Gasteiger partial charge on any atom is -0.383 e. The Morgan fingerprint density at radius 3 is 2.76 bits per heavy atom. The molecule has 1 rings (SSSR count). The second-order valence-electron chi connectivity index (χ2n) is 5.92. The van der Waals surface area contributed by atoms with Gasteiger partial charge in [-0.3, -0.25) is 4.79 Å². The predicted molar refractivity (Wildman–Crippen MR) is 70.1 cm³/mol. The van der Waals surface area contributed by atoms with E-state index in [0.717, 1.165) is 45.5 Å². The third-order valence-electron chi connectivity index (χ3n) is 3.84. The largest absolute Gasteiger partial charge is 0.383 e. The summed E-state index contributed by atoms with van der Waals surface area (Å²) in [5.74, 6) is 0.691. The molecule has 1 aliphatic carbocycles. The highest BCUT2D eigenvalue weighted by molar-refractivity contribution is 5.82. The van der Waals surface area contributed by atoms with E-state index in [9.17, 15) is 4.79 Å². The summed E-state index contributed by atoms with van der Waals surface area (Å²) in [5.41, 5.74) is 0.333. The Morgan fingerprint density at radius 2 is 2.18 bits per heavy atom. The van der Waals surface area contributed by atoms with Crippen LogP contribution in [0, 0.1) is 11.3 Å². The maximum absolute atomic E-state index is 11.9. The number of Topliss-reactive ketones (excluding diaryl/α,β-unsaturated/α-hetero) is 1. The lowest BCUT2D eigenvalue weighted by atomic mass is 9.71. The summed E-state index contributed by atoms with van der Waals surface area (Å²) < 4.78 is 5.10. The van der Waals surface area contributed by atoms with Gasteiger partial charge in [-0.25, -0.2) is 0 Å². The summed E-state index contributed by atoms with van der Waals surface area (Å²) in [7, 11) is 1.72. The van der Waals surface area contributed by atoms with Gasteiger partial charge >= 0.3 is 0 Å². The lowest BCUT2D eigenvalue weighted by molar-refractivity contribution is -0.127. The lowest BCUT2D eigenvalue weighted by Crippen LogP contribution is -2.40. The summed E-state index contributed by atoms with van der Waals surface area (Å²) in [6.45, 7) is 10.3. The average Bonchev–Trinajstić information content (AvgIpc) is 2.28. The van der Waals surface area contributed by atoms with Gasteiger partial charge in [0.15, 0.2) is 0 Å². The van der Waals surface area contributed by atoms with E-state index in [4.69, 9.17) is 4.74 Å². The first-order valence-corrected chi connectivity index (χ1v) is 6.72. The number of likely N-dealkylation sites (N-methyl/N-ethyl adjacent to an activating group) is 1. The molecule has 1 fully saturated rings. The molecule has 0 heterocycles. The molecule has 0 spiro atoms. The fourth-order valence-corrected chi connectivity index (χ4v) is 2.63. The highest BCUT2D eigenvalue weighted by Gasteiger charge is 2.34. The molecule has 1 atom stereocenters. The van der Waals surface area contributed by atoms with Crippen molar-refractivity contribution >= 4 is 5.78 Å². The highest BCUT2D eigenvalue weighted by Crippen LogP contribution is 2.36. The van der Waals surface area contributed by atoms with Crippen molar-refractivity contribution in [3.8, 4) is 0 Å². The number of hydrogen-bond donors (Lipinski definition) is 0. The molecule has 0 N–H and O–H groups in total. The van der Waals surface area contributed by atoms with Crippen molar-refractivity contribution < 1.29 is 9.53 Å². The van der Waals surface area contributed by atoms with Gasteiger partial charge in [0.2, 0.25) is 0 Å². The van der Waals surface area contributed by atoms with E-state index in [1.165, 1.54) is 0 Å². The van der Waals surface area contributed by atoms with Crippen LogP contribution in [0.1, 0.15) is 40.0 Å². The van der Waals surface area contributed by atoms with E-state index in [0.29, 0.717) is 11.2 Å². The van der Waals surface area contributed by atoms with E-state index < -0.39 is 0 Å². The van der Waals surface area contributed by atoms with Gasteiger partial charge in [0, 0.05) is 32.5 Å². The fourth-order valence-electron chi connectivity index (χ4n) is 2.63. The van der Waals surface area contributed by atoms with Crippen LogP contribution in [0.15, 0.2) is 0 Å². The third-order valence-corrected chi connectivity index (χ3v) is 3.84. The van der Waals surface area contributed by atoms with Crippen molar-refractivity contribution in [1.82, 2.24) is 4.90 Å². The standard InChI is InChI=1S/C14H27NO2/c1-5-15(8-9-17-4)11-12-10-14(2,3)7-6-13(12)16/h12H,5-11H2,1-4H3. The van der Waals surface area contributed by atoms with E-state index in [-0.39, 0.29) is 5.92 Å². The Kier molecular flexibility index (Phi) is 5.60. The summed E-state index contributed by atoms with van der Waals surface area (Å²) >= 11 is 0. The molecular weight excluding hydrogens is 214 g/mol. The minimum absolute atomic E-state index is 0.232. The molecule has 1 unspecified atom stereocenters. The van der Waals surface area contributed by atoms with Crippen molar-refractivity contribution in [3.05, 3.63) is 0 Å². The second-order valence-corrected chi connectivity index (χ2v) is 5.92. The van der Waals surface area contributed by atoms with Crippen molar-refractivity contribution in [2.75, 3.05) is 33.4 Å². The van der Waals surface area contributed by atoms with E-state index in [2.05, 4.69) is 25.7 Å². The van der Waals surface area contributed by atoms with Crippen molar-refractivity contribution in [2.24, 2.45) is 11.3 Å². The first-order chi connectivity index (χ1) is 7.98. The topological polar surface area (TPSA) is 29.5 Å². The van der Waals surface area contributed by atoms with Gasteiger partial charge in [-0.15, -0.1) is 0 Å². The minimum atomic E-state index is 0.232. The Bertz CT molecular complexity index is 251. The third kappa shape index (κ3) is 4.76. The van der Waals surface area contributed by atoms with E-state index in [1.54, 1.807) is 7.11 Å². The summed E-state index contributed by atoms with van der Waals surface area (Å²) in [6, 6.07) is 0. The smallest absolute Gasteiger partial charge is 0.137 e. The van der Waals surface area contributed by atoms with Gasteiger partial charge in [-0.1, -0.05) is 20.8 Å². The van der Waals surface area contributed by atoms with Crippen LogP contribution in [0.25, 0.3) is 0 Å². The number of rotatable bonds is 6. The lowest BCUT2D eigenvalue weighted by Gasteiger charge is -2.36. The van der Waals surface area contributed by atoms with Crippen LogP contribution in [0.2, 0.25) is 0 Å². The number of nitrogens with zero attached hydrogens (tertiary/aromatic N) is 1. The van der Waals surface area contributed by atoms with Crippen LogP contribution in [0.4, 0.5) is 0 Å². The van der Waals surface area contributed by atoms with Crippen LogP contribution in [-0.2, 0) is 9.53 Å². The van der Waals surface area contributed by atoms with Crippen LogP contribution < -0.4 is 0 Å². The number of ketones is 1. The van der Waals surface area contributed by atoms with Crippen LogP contribution in [-0.4, -0.2) is 44.0 Å². The quantitative estimate of drug-likeness (QED) is 0.715. The monoisotopic (exact) mass is 241 g/mol. The molecule has 0 saturated heterocycles. The molecule has 1 aliphatic rings. The predicted octanol–water partition coefficient (Wildman–Crippen LogP) is 2.35. The van der Waals surface area contributed by atoms with Gasteiger partial charge in [-0.05, 0) is 24.8 Å². The Morgan fingerprint density at radius 1 is 1.47 bits per heavy atom. The van der Waals surface area contributed by atoms with Crippen molar-refractivity contribution in [1.29, 1.82) is 0 Å². The molecular formula is C14H27NO2. The van der Waals surface area contributed by atoms with Gasteiger partial charge in [0.1, 0.15) is 5.78 Å². The molecule has 100 valence electrons. The number of methoxy groups -OCH3 is 1. The summed E-state index contributed by atoms with van der Waals surface area (Å²) in [6.07, 6.45) is 2.85. The zero-order valence-electron chi connectivity index (χ0n) is 11.8. The summed E-state index contributed by atoms with van der Waals surface area (Å²) in [4.78, 5) is 14.3. The Labute approximate surface area is 106 Å². The van der Waals surface area contributed by atoms with Gasteiger partial charge in [0.25, 0.3) is 0 Å². The molecule has 0 radical (unpaired) electrons. The normalized spacial score (nSPS) is 24.3. The van der Waals surface area contributed by atoms with Crippen molar-refractivity contribution in [2.45, 2.75) is 40.0 Å². The van der Waals surface area contributed by atoms with Gasteiger partial charge < -0.3 is 9.64 Å².